The van der Waals surface area contributed by atoms with Crippen LogP contribution in [0.3, 0.4) is 0 Å². The maximum atomic E-state index is 12.2. The van der Waals surface area contributed by atoms with Gasteiger partial charge in [-0.3, -0.25) is 14.4 Å². The fraction of sp³-hybridized carbons (Fsp3) is 0.900. The number of nitrogens with zero attached hydrogens (tertiary/aromatic N) is 1. The van der Waals surface area contributed by atoms with Crippen molar-refractivity contribution in [2.45, 2.75) is 136 Å². The van der Waals surface area contributed by atoms with E-state index in [4.69, 9.17) is 10.4 Å². The van der Waals surface area contributed by atoms with Gasteiger partial charge in [0.05, 0.1) is 49.2 Å². The average molecular weight is 604 g/mol. The van der Waals surface area contributed by atoms with E-state index >= 15 is 0 Å². The van der Waals surface area contributed by atoms with E-state index in [2.05, 4.69) is 46.7 Å². The van der Waals surface area contributed by atoms with E-state index in [9.17, 15) is 14.4 Å². The molecule has 1 aliphatic heterocycles. The zero-order chi connectivity index (χ0) is 31.3. The van der Waals surface area contributed by atoms with Crippen molar-refractivity contribution in [1.29, 1.82) is 0 Å². The molecule has 0 unspecified atom stereocenters. The second kappa shape index (κ2) is 28.0. The lowest BCUT2D eigenvalue weighted by atomic mass is 10.1. The van der Waals surface area contributed by atoms with Crippen LogP contribution in [0.2, 0.25) is 0 Å². The highest BCUT2D eigenvalue weighted by Crippen LogP contribution is 2.19. The van der Waals surface area contributed by atoms with Crippen LogP contribution in [0.1, 0.15) is 136 Å². The summed E-state index contributed by atoms with van der Waals surface area (Å²) in [5.41, 5.74) is 0. The van der Waals surface area contributed by atoms with Crippen molar-refractivity contribution >= 4 is 17.7 Å². The second-order valence-electron chi connectivity index (χ2n) is 11.1. The van der Waals surface area contributed by atoms with Crippen LogP contribution in [0.4, 0.5) is 0 Å². The van der Waals surface area contributed by atoms with E-state index in [1.807, 2.05) is 0 Å². The van der Waals surface area contributed by atoms with Gasteiger partial charge in [0.2, 0.25) is 17.7 Å². The van der Waals surface area contributed by atoms with E-state index in [0.29, 0.717) is 38.9 Å². The van der Waals surface area contributed by atoms with Gasteiger partial charge in [-0.2, -0.15) is 0 Å². The molecule has 12 heteroatoms. The van der Waals surface area contributed by atoms with Gasteiger partial charge >= 0.3 is 0 Å². The number of unbranched alkanes of at least 4 members (excludes halogenated alkanes) is 12. The lowest BCUT2D eigenvalue weighted by Crippen LogP contribution is -3.14. The Morgan fingerprint density at radius 1 is 0.524 bits per heavy atom. The lowest BCUT2D eigenvalue weighted by Gasteiger charge is -2.20. The molecule has 1 heterocycles. The molecule has 4 N–H and O–H groups in total. The first-order chi connectivity index (χ1) is 20.2. The van der Waals surface area contributed by atoms with Crippen molar-refractivity contribution in [1.82, 2.24) is 16.0 Å². The molecule has 0 bridgehead atoms. The van der Waals surface area contributed by atoms with E-state index in [0.717, 1.165) is 58.2 Å². The molecule has 248 valence electrons. The van der Waals surface area contributed by atoms with Gasteiger partial charge in [-0.15, -0.1) is 0 Å². The summed E-state index contributed by atoms with van der Waals surface area (Å²) in [5, 5.41) is 25.2. The third-order valence-corrected chi connectivity index (χ3v) is 7.12. The molecule has 1 aliphatic rings. The third kappa shape index (κ3) is 29.7. The minimum atomic E-state index is -2.25. The van der Waals surface area contributed by atoms with Gasteiger partial charge in [0.15, 0.2) is 0 Å². The van der Waals surface area contributed by atoms with Gasteiger partial charge in [-0.1, -0.05) is 97.8 Å². The summed E-state index contributed by atoms with van der Waals surface area (Å²) < 4.78 is 0. The molecule has 0 aliphatic carbocycles. The number of amides is 3. The van der Waals surface area contributed by atoms with Gasteiger partial charge in [0.25, 0.3) is 0 Å². The molecule has 1 saturated heterocycles. The van der Waals surface area contributed by atoms with Crippen LogP contribution in [0.15, 0.2) is 0 Å². The quantitative estimate of drug-likeness (QED) is 0.0364. The molecule has 12 nitrogen and oxygen atoms in total. The van der Waals surface area contributed by atoms with Gasteiger partial charge < -0.3 is 31.3 Å². The fourth-order valence-electron chi connectivity index (χ4n) is 4.47. The molecule has 0 aromatic rings. The smallest absolute Gasteiger partial charge is 0.220 e. The molecule has 1 fully saturated rings. The molecule has 3 amide bonds. The normalized spacial score (nSPS) is 13.3. The molecule has 0 aromatic carbocycles. The molecule has 42 heavy (non-hydrogen) atoms. The molecular formula is C30H61N5O7. The van der Waals surface area contributed by atoms with Crippen LogP contribution < -0.4 is 20.9 Å². The van der Waals surface area contributed by atoms with Crippen LogP contribution in [0.5, 0.6) is 0 Å². The first-order valence-corrected chi connectivity index (χ1v) is 16.6. The summed E-state index contributed by atoms with van der Waals surface area (Å²) in [6.07, 6.45) is 19.0. The summed E-state index contributed by atoms with van der Waals surface area (Å²) in [6.45, 7) is 10.8. The molecule has 0 spiro atoms. The van der Waals surface area contributed by atoms with E-state index in [1.54, 1.807) is 0 Å². The average Bonchev–Trinajstić information content (AvgIpc) is 3.66. The Kier molecular flexibility index (Phi) is 26.8. The van der Waals surface area contributed by atoms with E-state index < -0.39 is 5.14 Å². The summed E-state index contributed by atoms with van der Waals surface area (Å²) >= 11 is 0. The van der Waals surface area contributed by atoms with Crippen molar-refractivity contribution in [2.24, 2.45) is 0 Å². The van der Waals surface area contributed by atoms with Gasteiger partial charge in [-0.25, -0.2) is 0 Å². The summed E-state index contributed by atoms with van der Waals surface area (Å²) in [5.74, 6) is 0.385. The Hall–Kier alpha value is -1.83. The highest BCUT2D eigenvalue weighted by Gasteiger charge is 2.30. The summed E-state index contributed by atoms with van der Waals surface area (Å²) in [4.78, 5) is 44.2. The maximum absolute atomic E-state index is 12.2. The molecule has 0 radical (unpaired) electrons. The van der Waals surface area contributed by atoms with Crippen molar-refractivity contribution in [3.63, 3.8) is 0 Å². The standard InChI is InChI=1S/C30H60N4O3.NO4/c1-4-7-10-13-16-19-28(35)31-22-25-34(26-23-32-29(36)20-17-14-11-8-5-2)27-24-33-30(37)21-18-15-12-9-6-3;2-1(3)4-5-1/h4-27H2,1-3H3,(H,31,35)(H,32,36)(H,33,37);/q;-1/p+1. The molecule has 0 saturated carbocycles. The predicted octanol–water partition coefficient (Wildman–Crippen LogP) is 3.89. The first-order valence-electron chi connectivity index (χ1n) is 16.6. The van der Waals surface area contributed by atoms with Gasteiger partial charge in [0, 0.05) is 19.3 Å². The Balaban J connectivity index is 0.00000301. The van der Waals surface area contributed by atoms with Crippen LogP contribution in [0, 0.1) is 10.4 Å². The predicted molar refractivity (Wildman–Crippen MR) is 164 cm³/mol. The van der Waals surface area contributed by atoms with E-state index in [1.165, 1.54) is 62.7 Å². The van der Waals surface area contributed by atoms with Gasteiger partial charge in [-0.05, 0) is 24.4 Å². The molecular weight excluding hydrogens is 542 g/mol. The SMILES string of the molecule is CCCCCCCC(=O)NCC[NH+](CCNC(=O)CCCCCCC)CCNC(=O)CCCCCCC.[O-][N+]1([O-])OO1. The maximum Gasteiger partial charge on any atom is 0.220 e. The number of rotatable bonds is 27. The highest BCUT2D eigenvalue weighted by molar-refractivity contribution is 5.76. The number of hydrogen-bond donors (Lipinski definition) is 4. The highest BCUT2D eigenvalue weighted by atomic mass is 17.8. The monoisotopic (exact) mass is 603 g/mol. The van der Waals surface area contributed by atoms with Crippen molar-refractivity contribution < 1.29 is 34.4 Å². The van der Waals surface area contributed by atoms with Crippen molar-refractivity contribution in [2.75, 3.05) is 39.3 Å². The lowest BCUT2D eigenvalue weighted by molar-refractivity contribution is -0.896. The minimum absolute atomic E-state index is 0.128. The number of quaternary nitrogens is 2. The largest absolute Gasteiger partial charge is 0.557 e. The Morgan fingerprint density at radius 2 is 0.786 bits per heavy atom. The molecule has 1 rings (SSSR count). The van der Waals surface area contributed by atoms with Crippen LogP contribution in [-0.4, -0.2) is 62.1 Å². The summed E-state index contributed by atoms with van der Waals surface area (Å²) in [7, 11) is 0. The number of hydrogen-bond acceptors (Lipinski definition) is 7. The van der Waals surface area contributed by atoms with E-state index in [-0.39, 0.29) is 17.7 Å². The number of nitrogens with one attached hydrogen (secondary N) is 4. The second-order valence-corrected chi connectivity index (χ2v) is 11.1. The van der Waals surface area contributed by atoms with Crippen molar-refractivity contribution in [3.05, 3.63) is 10.4 Å². The third-order valence-electron chi connectivity index (χ3n) is 7.12. The molecule has 0 atom stereocenters. The van der Waals surface area contributed by atoms with Crippen LogP contribution in [-0.2, 0) is 24.4 Å². The first kappa shape index (κ1) is 40.2. The van der Waals surface area contributed by atoms with Crippen molar-refractivity contribution in [3.8, 4) is 0 Å². The zero-order valence-electron chi connectivity index (χ0n) is 26.8. The molecule has 0 aromatic heterocycles. The zero-order valence-corrected chi connectivity index (χ0v) is 26.8. The summed E-state index contributed by atoms with van der Waals surface area (Å²) in [6, 6.07) is 0. The number of carbonyl (C=O) groups is 3. The van der Waals surface area contributed by atoms with Crippen LogP contribution in [0.25, 0.3) is 0 Å². The Labute approximate surface area is 254 Å². The van der Waals surface area contributed by atoms with Crippen LogP contribution >= 0.6 is 0 Å². The fourth-order valence-corrected chi connectivity index (χ4v) is 4.47. The Bertz CT molecular complexity index is 600. The minimum Gasteiger partial charge on any atom is -0.557 e. The topological polar surface area (TPSA) is 163 Å². The Morgan fingerprint density at radius 3 is 1.02 bits per heavy atom. The van der Waals surface area contributed by atoms with Gasteiger partial charge in [0.1, 0.15) is 0 Å². The number of carbonyl (C=O) groups excluding carboxylic acids is 3.